The molecular weight excluding hydrogens is 268 g/mol. The van der Waals surface area contributed by atoms with Crippen LogP contribution in [0, 0.1) is 0 Å². The lowest BCUT2D eigenvalue weighted by Crippen LogP contribution is -2.28. The smallest absolute Gasteiger partial charge is 0.0485 e. The molecule has 1 nitrogen and oxygen atoms in total. The van der Waals surface area contributed by atoms with Gasteiger partial charge in [-0.2, -0.15) is 0 Å². The third kappa shape index (κ3) is 1.69. The Morgan fingerprint density at radius 1 is 0.636 bits per heavy atom. The van der Waals surface area contributed by atoms with Crippen molar-refractivity contribution in [1.82, 2.24) is 0 Å². The molecule has 4 rings (SSSR count). The van der Waals surface area contributed by atoms with Crippen LogP contribution in [0.5, 0.6) is 0 Å². The van der Waals surface area contributed by atoms with Crippen molar-refractivity contribution in [2.24, 2.45) is 0 Å². The second-order valence-electron chi connectivity index (χ2n) is 5.84. The van der Waals surface area contributed by atoms with Crippen LogP contribution in [-0.2, 0) is 5.41 Å². The molecule has 22 heavy (non-hydrogen) atoms. The molecule has 1 aliphatic rings. The summed E-state index contributed by atoms with van der Waals surface area (Å²) in [4.78, 5) is 0. The molecule has 0 fully saturated rings. The van der Waals surface area contributed by atoms with Gasteiger partial charge in [-0.05, 0) is 34.2 Å². The molecule has 0 saturated heterocycles. The van der Waals surface area contributed by atoms with Gasteiger partial charge in [0.2, 0.25) is 0 Å². The highest BCUT2D eigenvalue weighted by Crippen LogP contribution is 2.53. The molecule has 1 N–H and O–H groups in total. The van der Waals surface area contributed by atoms with Crippen molar-refractivity contribution < 1.29 is 5.11 Å². The molecule has 1 aliphatic carbocycles. The van der Waals surface area contributed by atoms with E-state index in [1.54, 1.807) is 0 Å². The largest absolute Gasteiger partial charge is 0.396 e. The number of hydrogen-bond acceptors (Lipinski definition) is 1. The van der Waals surface area contributed by atoms with Gasteiger partial charge in [-0.15, -0.1) is 0 Å². The summed E-state index contributed by atoms with van der Waals surface area (Å²) in [7, 11) is 0. The normalized spacial score (nSPS) is 14.4. The first-order valence-corrected chi connectivity index (χ1v) is 7.74. The van der Waals surface area contributed by atoms with Crippen LogP contribution in [0.15, 0.2) is 78.9 Å². The average molecular weight is 286 g/mol. The highest BCUT2D eigenvalue weighted by atomic mass is 16.3. The van der Waals surface area contributed by atoms with Crippen molar-refractivity contribution in [2.75, 3.05) is 6.61 Å². The van der Waals surface area contributed by atoms with Crippen molar-refractivity contribution in [3.63, 3.8) is 0 Å². The van der Waals surface area contributed by atoms with Crippen LogP contribution in [0.3, 0.4) is 0 Å². The van der Waals surface area contributed by atoms with Crippen LogP contribution in [0.4, 0.5) is 0 Å². The van der Waals surface area contributed by atoms with E-state index in [0.717, 1.165) is 0 Å². The summed E-state index contributed by atoms with van der Waals surface area (Å²) < 4.78 is 0. The summed E-state index contributed by atoms with van der Waals surface area (Å²) in [5.74, 6) is 0. The summed E-state index contributed by atoms with van der Waals surface area (Å²) in [5.41, 5.74) is 6.18. The molecule has 0 saturated carbocycles. The van der Waals surface area contributed by atoms with Crippen LogP contribution in [0.1, 0.15) is 23.1 Å². The summed E-state index contributed by atoms with van der Waals surface area (Å²) in [6.45, 7) is 0.164. The molecule has 3 aromatic rings. The lowest BCUT2D eigenvalue weighted by atomic mass is 9.70. The summed E-state index contributed by atoms with van der Waals surface area (Å²) in [6, 6.07) is 27.7. The second kappa shape index (κ2) is 5.11. The van der Waals surface area contributed by atoms with E-state index in [4.69, 9.17) is 0 Å². The molecular formula is C21H18O. The lowest BCUT2D eigenvalue weighted by Gasteiger charge is -2.32. The van der Waals surface area contributed by atoms with Crippen molar-refractivity contribution in [1.29, 1.82) is 0 Å². The minimum absolute atomic E-state index is 0.164. The van der Waals surface area contributed by atoms with Gasteiger partial charge >= 0.3 is 0 Å². The number of benzene rings is 3. The van der Waals surface area contributed by atoms with Crippen LogP contribution in [0.2, 0.25) is 0 Å². The minimum Gasteiger partial charge on any atom is -0.396 e. The summed E-state index contributed by atoms with van der Waals surface area (Å²) in [5, 5.41) is 9.80. The topological polar surface area (TPSA) is 20.2 Å². The number of rotatable bonds is 3. The first-order chi connectivity index (χ1) is 10.9. The first-order valence-electron chi connectivity index (χ1n) is 7.74. The van der Waals surface area contributed by atoms with Gasteiger partial charge in [0.1, 0.15) is 0 Å². The third-order valence-corrected chi connectivity index (χ3v) is 4.82. The number of fused-ring (bicyclic) bond motifs is 3. The van der Waals surface area contributed by atoms with E-state index < -0.39 is 0 Å². The Kier molecular flexibility index (Phi) is 3.09. The van der Waals surface area contributed by atoms with Crippen LogP contribution in [0.25, 0.3) is 11.1 Å². The Balaban J connectivity index is 2.10. The van der Waals surface area contributed by atoms with Crippen molar-refractivity contribution in [3.8, 4) is 11.1 Å². The molecule has 0 spiro atoms. The Hall–Kier alpha value is -2.38. The average Bonchev–Trinajstić information content (AvgIpc) is 2.88. The van der Waals surface area contributed by atoms with E-state index >= 15 is 0 Å². The zero-order chi connectivity index (χ0) is 15.0. The molecule has 0 heterocycles. The predicted molar refractivity (Wildman–Crippen MR) is 89.9 cm³/mol. The Bertz CT molecular complexity index is 759. The van der Waals surface area contributed by atoms with E-state index in [9.17, 15) is 5.11 Å². The summed E-state index contributed by atoms with van der Waals surface area (Å²) >= 11 is 0. The first kappa shape index (κ1) is 13.3. The van der Waals surface area contributed by atoms with E-state index in [1.165, 1.54) is 27.8 Å². The van der Waals surface area contributed by atoms with Crippen LogP contribution in [-0.4, -0.2) is 11.7 Å². The number of aliphatic hydroxyl groups is 1. The highest BCUT2D eigenvalue weighted by Gasteiger charge is 2.43. The van der Waals surface area contributed by atoms with Crippen LogP contribution >= 0.6 is 0 Å². The second-order valence-corrected chi connectivity index (χ2v) is 5.84. The van der Waals surface area contributed by atoms with Crippen molar-refractivity contribution in [2.45, 2.75) is 11.8 Å². The maximum atomic E-state index is 9.80. The van der Waals surface area contributed by atoms with E-state index in [1.807, 2.05) is 6.07 Å². The standard InChI is InChI=1S/C21H18O/c22-15-14-21(16-8-2-1-3-9-16)19-12-6-4-10-17(19)18-11-5-7-13-20(18)21/h1-13,22H,14-15H2. The van der Waals surface area contributed by atoms with Gasteiger partial charge < -0.3 is 5.11 Å². The SMILES string of the molecule is OCCC1(c2ccccc2)c2ccccc2-c2ccccc21. The van der Waals surface area contributed by atoms with Crippen molar-refractivity contribution >= 4 is 0 Å². The molecule has 0 unspecified atom stereocenters. The predicted octanol–water partition coefficient (Wildman–Crippen LogP) is 4.38. The van der Waals surface area contributed by atoms with Gasteiger partial charge in [0.25, 0.3) is 0 Å². The third-order valence-electron chi connectivity index (χ3n) is 4.82. The molecule has 0 aromatic heterocycles. The molecule has 0 radical (unpaired) electrons. The van der Waals surface area contributed by atoms with E-state index in [0.29, 0.717) is 6.42 Å². The Morgan fingerprint density at radius 3 is 1.68 bits per heavy atom. The number of hydrogen-bond donors (Lipinski definition) is 1. The van der Waals surface area contributed by atoms with Gasteiger partial charge in [0, 0.05) is 12.0 Å². The maximum Gasteiger partial charge on any atom is 0.0485 e. The molecule has 0 aliphatic heterocycles. The maximum absolute atomic E-state index is 9.80. The van der Waals surface area contributed by atoms with Crippen molar-refractivity contribution in [3.05, 3.63) is 95.6 Å². The van der Waals surface area contributed by atoms with E-state index in [2.05, 4.69) is 72.8 Å². The number of aliphatic hydroxyl groups excluding tert-OH is 1. The summed E-state index contributed by atoms with van der Waals surface area (Å²) in [6.07, 6.45) is 0.699. The van der Waals surface area contributed by atoms with Gasteiger partial charge in [-0.3, -0.25) is 0 Å². The minimum atomic E-state index is -0.247. The zero-order valence-corrected chi connectivity index (χ0v) is 12.4. The van der Waals surface area contributed by atoms with Gasteiger partial charge in [0.15, 0.2) is 0 Å². The Morgan fingerprint density at radius 2 is 1.14 bits per heavy atom. The molecule has 0 bridgehead atoms. The van der Waals surface area contributed by atoms with Gasteiger partial charge in [-0.1, -0.05) is 78.9 Å². The molecule has 3 aromatic carbocycles. The lowest BCUT2D eigenvalue weighted by molar-refractivity contribution is 0.266. The van der Waals surface area contributed by atoms with Gasteiger partial charge in [-0.25, -0.2) is 0 Å². The fraction of sp³-hybridized carbons (Fsp3) is 0.143. The monoisotopic (exact) mass is 286 g/mol. The van der Waals surface area contributed by atoms with Crippen LogP contribution < -0.4 is 0 Å². The molecule has 108 valence electrons. The van der Waals surface area contributed by atoms with Gasteiger partial charge in [0.05, 0.1) is 0 Å². The zero-order valence-electron chi connectivity index (χ0n) is 12.4. The fourth-order valence-electron chi connectivity index (χ4n) is 3.94. The molecule has 0 atom stereocenters. The molecule has 1 heteroatoms. The highest BCUT2D eigenvalue weighted by molar-refractivity contribution is 5.83. The molecule has 0 amide bonds. The van der Waals surface area contributed by atoms with E-state index in [-0.39, 0.29) is 12.0 Å². The quantitative estimate of drug-likeness (QED) is 0.757. The Labute approximate surface area is 130 Å². The fourth-order valence-corrected chi connectivity index (χ4v) is 3.94.